The van der Waals surface area contributed by atoms with Gasteiger partial charge in [0.1, 0.15) is 0 Å². The second-order valence-corrected chi connectivity index (χ2v) is 7.83. The standard InChI is InChI=1S/C21H33N5O.HI/c1-16-6-5-7-18-17(14-24-19(16)18)8-9-23-20(22-4)25-15-21(2,3)26-10-12-27-13-11-26;/h5-7,14,24H,8-13,15H2,1-4H3,(H2,22,23,25);1H. The molecule has 1 aliphatic heterocycles. The van der Waals surface area contributed by atoms with Gasteiger partial charge >= 0.3 is 0 Å². The lowest BCUT2D eigenvalue weighted by Gasteiger charge is -2.41. The summed E-state index contributed by atoms with van der Waals surface area (Å²) in [6.45, 7) is 12.0. The smallest absolute Gasteiger partial charge is 0.191 e. The van der Waals surface area contributed by atoms with Crippen LogP contribution in [0.4, 0.5) is 0 Å². The molecule has 6 nitrogen and oxygen atoms in total. The molecular weight excluding hydrogens is 465 g/mol. The van der Waals surface area contributed by atoms with Crippen molar-refractivity contribution in [1.82, 2.24) is 20.5 Å². The summed E-state index contributed by atoms with van der Waals surface area (Å²) in [7, 11) is 1.83. The number of aromatic nitrogens is 1. The third kappa shape index (κ3) is 5.61. The number of morpholine rings is 1. The van der Waals surface area contributed by atoms with Gasteiger partial charge in [0, 0.05) is 55.9 Å². The maximum atomic E-state index is 5.47. The topological polar surface area (TPSA) is 64.7 Å². The number of nitrogens with zero attached hydrogens (tertiary/aromatic N) is 2. The van der Waals surface area contributed by atoms with E-state index in [0.717, 1.165) is 51.8 Å². The summed E-state index contributed by atoms with van der Waals surface area (Å²) in [6, 6.07) is 6.45. The van der Waals surface area contributed by atoms with E-state index in [9.17, 15) is 0 Å². The number of hydrogen-bond acceptors (Lipinski definition) is 3. The molecular formula is C21H34IN5O. The van der Waals surface area contributed by atoms with E-state index in [0.29, 0.717) is 0 Å². The Morgan fingerprint density at radius 1 is 1.25 bits per heavy atom. The first-order valence-electron chi connectivity index (χ1n) is 9.84. The maximum absolute atomic E-state index is 5.47. The first-order valence-corrected chi connectivity index (χ1v) is 9.84. The molecule has 0 unspecified atom stereocenters. The molecule has 2 heterocycles. The van der Waals surface area contributed by atoms with Crippen LogP contribution in [0.3, 0.4) is 0 Å². The van der Waals surface area contributed by atoms with Crippen LogP contribution in [0.2, 0.25) is 0 Å². The lowest BCUT2D eigenvalue weighted by Crippen LogP contribution is -2.56. The van der Waals surface area contributed by atoms with E-state index in [4.69, 9.17) is 4.74 Å². The van der Waals surface area contributed by atoms with Crippen LogP contribution in [0.15, 0.2) is 29.4 Å². The van der Waals surface area contributed by atoms with Gasteiger partial charge in [0.15, 0.2) is 5.96 Å². The van der Waals surface area contributed by atoms with Gasteiger partial charge in [-0.1, -0.05) is 18.2 Å². The molecule has 0 spiro atoms. The molecule has 0 aliphatic carbocycles. The summed E-state index contributed by atoms with van der Waals surface area (Å²) in [4.78, 5) is 10.3. The number of ether oxygens (including phenoxy) is 1. The molecule has 0 atom stereocenters. The number of halogens is 1. The number of aryl methyl sites for hydroxylation is 1. The Morgan fingerprint density at radius 2 is 2.00 bits per heavy atom. The molecule has 1 aliphatic rings. The van der Waals surface area contributed by atoms with Crippen LogP contribution in [0, 0.1) is 6.92 Å². The largest absolute Gasteiger partial charge is 0.379 e. The van der Waals surface area contributed by atoms with Crippen molar-refractivity contribution in [3.63, 3.8) is 0 Å². The highest BCUT2D eigenvalue weighted by molar-refractivity contribution is 14.0. The van der Waals surface area contributed by atoms with E-state index >= 15 is 0 Å². The Kier molecular flexibility index (Phi) is 8.57. The quantitative estimate of drug-likeness (QED) is 0.325. The first-order chi connectivity index (χ1) is 13.0. The van der Waals surface area contributed by atoms with Crippen molar-refractivity contribution in [2.24, 2.45) is 4.99 Å². The van der Waals surface area contributed by atoms with Gasteiger partial charge in [-0.3, -0.25) is 9.89 Å². The Morgan fingerprint density at radius 3 is 2.71 bits per heavy atom. The average Bonchev–Trinajstić information content (AvgIpc) is 3.10. The fourth-order valence-electron chi connectivity index (χ4n) is 3.69. The zero-order chi connectivity index (χ0) is 19.3. The Balaban J connectivity index is 0.00000280. The van der Waals surface area contributed by atoms with Gasteiger partial charge in [0.2, 0.25) is 0 Å². The van der Waals surface area contributed by atoms with E-state index in [1.165, 1.54) is 22.0 Å². The van der Waals surface area contributed by atoms with Crippen LogP contribution in [-0.2, 0) is 11.2 Å². The number of H-pyrrole nitrogens is 1. The monoisotopic (exact) mass is 499 g/mol. The highest BCUT2D eigenvalue weighted by Gasteiger charge is 2.28. The normalized spacial score (nSPS) is 16.1. The summed E-state index contributed by atoms with van der Waals surface area (Å²) in [5.41, 5.74) is 3.93. The number of nitrogens with one attached hydrogen (secondary N) is 3. The van der Waals surface area contributed by atoms with E-state index < -0.39 is 0 Å². The number of fused-ring (bicyclic) bond motifs is 1. The second-order valence-electron chi connectivity index (χ2n) is 7.83. The lowest BCUT2D eigenvalue weighted by atomic mass is 10.0. The van der Waals surface area contributed by atoms with Crippen LogP contribution in [0.25, 0.3) is 10.9 Å². The van der Waals surface area contributed by atoms with Crippen molar-refractivity contribution >= 4 is 40.8 Å². The summed E-state index contributed by atoms with van der Waals surface area (Å²) in [5, 5.41) is 8.24. The molecule has 1 saturated heterocycles. The first kappa shape index (κ1) is 23.0. The summed E-state index contributed by atoms with van der Waals surface area (Å²) < 4.78 is 5.47. The van der Waals surface area contributed by atoms with Crippen LogP contribution < -0.4 is 10.6 Å². The molecule has 1 aromatic carbocycles. The molecule has 3 N–H and O–H groups in total. The van der Waals surface area contributed by atoms with E-state index in [1.54, 1.807) is 0 Å². The zero-order valence-corrected chi connectivity index (χ0v) is 19.8. The van der Waals surface area contributed by atoms with Crippen molar-refractivity contribution < 1.29 is 4.74 Å². The van der Waals surface area contributed by atoms with Crippen LogP contribution >= 0.6 is 24.0 Å². The van der Waals surface area contributed by atoms with Crippen molar-refractivity contribution in [2.45, 2.75) is 32.7 Å². The molecule has 156 valence electrons. The predicted octanol–water partition coefficient (Wildman–Crippen LogP) is 2.91. The van der Waals surface area contributed by atoms with Crippen molar-refractivity contribution in [3.05, 3.63) is 35.5 Å². The number of aliphatic imine (C=N–C) groups is 1. The Hall–Kier alpha value is -1.32. The van der Waals surface area contributed by atoms with Crippen LogP contribution in [-0.4, -0.2) is 67.8 Å². The maximum Gasteiger partial charge on any atom is 0.191 e. The minimum Gasteiger partial charge on any atom is -0.379 e. The summed E-state index contributed by atoms with van der Waals surface area (Å²) >= 11 is 0. The van der Waals surface area contributed by atoms with E-state index in [-0.39, 0.29) is 29.5 Å². The second kappa shape index (κ2) is 10.5. The molecule has 2 aromatic rings. The van der Waals surface area contributed by atoms with Gasteiger partial charge in [0.25, 0.3) is 0 Å². The molecule has 0 radical (unpaired) electrons. The Labute approximate surface area is 185 Å². The van der Waals surface area contributed by atoms with Crippen LogP contribution in [0.1, 0.15) is 25.0 Å². The molecule has 1 aromatic heterocycles. The zero-order valence-electron chi connectivity index (χ0n) is 17.5. The third-order valence-electron chi connectivity index (χ3n) is 5.48. The number of rotatable bonds is 6. The van der Waals surface area contributed by atoms with E-state index in [1.807, 2.05) is 7.05 Å². The highest BCUT2D eigenvalue weighted by atomic mass is 127. The van der Waals surface area contributed by atoms with Gasteiger partial charge in [-0.25, -0.2) is 0 Å². The van der Waals surface area contributed by atoms with Crippen molar-refractivity contribution in [2.75, 3.05) is 46.4 Å². The lowest BCUT2D eigenvalue weighted by molar-refractivity contribution is -0.00833. The van der Waals surface area contributed by atoms with Crippen LogP contribution in [0.5, 0.6) is 0 Å². The molecule has 28 heavy (non-hydrogen) atoms. The molecule has 1 fully saturated rings. The van der Waals surface area contributed by atoms with Crippen molar-refractivity contribution in [3.8, 4) is 0 Å². The number of aromatic amines is 1. The number of guanidine groups is 1. The van der Waals surface area contributed by atoms with Gasteiger partial charge in [-0.15, -0.1) is 24.0 Å². The average molecular weight is 499 g/mol. The molecule has 0 amide bonds. The molecule has 0 bridgehead atoms. The van der Waals surface area contributed by atoms with Gasteiger partial charge < -0.3 is 20.4 Å². The molecule has 3 rings (SSSR count). The van der Waals surface area contributed by atoms with Gasteiger partial charge in [-0.2, -0.15) is 0 Å². The van der Waals surface area contributed by atoms with Gasteiger partial charge in [-0.05, 0) is 38.3 Å². The Bertz CT molecular complexity index is 780. The number of para-hydroxylation sites is 1. The minimum absolute atomic E-state index is 0. The summed E-state index contributed by atoms with van der Waals surface area (Å²) in [6.07, 6.45) is 3.08. The van der Waals surface area contributed by atoms with Crippen molar-refractivity contribution in [1.29, 1.82) is 0 Å². The SMILES string of the molecule is CN=C(NCCc1c[nH]c2c(C)cccc12)NCC(C)(C)N1CCOCC1.I. The van der Waals surface area contributed by atoms with E-state index in [2.05, 4.69) is 70.7 Å². The fraction of sp³-hybridized carbons (Fsp3) is 0.571. The minimum atomic E-state index is 0. The number of hydrogen-bond donors (Lipinski definition) is 3. The highest BCUT2D eigenvalue weighted by Crippen LogP contribution is 2.21. The number of benzene rings is 1. The molecule has 0 saturated carbocycles. The molecule has 7 heteroatoms. The van der Waals surface area contributed by atoms with Gasteiger partial charge in [0.05, 0.1) is 13.2 Å². The third-order valence-corrected chi connectivity index (χ3v) is 5.48. The fourth-order valence-corrected chi connectivity index (χ4v) is 3.69. The summed E-state index contributed by atoms with van der Waals surface area (Å²) in [5.74, 6) is 0.854. The predicted molar refractivity (Wildman–Crippen MR) is 128 cm³/mol.